The highest BCUT2D eigenvalue weighted by atomic mass is 32.2. The summed E-state index contributed by atoms with van der Waals surface area (Å²) in [7, 11) is -0.501. The van der Waals surface area contributed by atoms with E-state index < -0.39 is 10.0 Å². The first-order chi connectivity index (χ1) is 10.9. The zero-order valence-corrected chi connectivity index (χ0v) is 13.5. The van der Waals surface area contributed by atoms with Gasteiger partial charge in [0.15, 0.2) is 0 Å². The lowest BCUT2D eigenvalue weighted by Gasteiger charge is -2.09. The summed E-state index contributed by atoms with van der Waals surface area (Å²) in [6.45, 7) is 0. The van der Waals surface area contributed by atoms with Crippen LogP contribution in [-0.2, 0) is 24.1 Å². The number of imidazole rings is 1. The predicted octanol–water partition coefficient (Wildman–Crippen LogP) is 1.18. The normalized spacial score (nSPS) is 11.7. The molecule has 0 amide bonds. The zero-order valence-electron chi connectivity index (χ0n) is 12.6. The van der Waals surface area contributed by atoms with Crippen molar-refractivity contribution in [2.24, 2.45) is 14.1 Å². The van der Waals surface area contributed by atoms with Crippen molar-refractivity contribution in [3.63, 3.8) is 0 Å². The number of aryl methyl sites for hydroxylation is 2. The van der Waals surface area contributed by atoms with E-state index in [2.05, 4.69) is 10.3 Å². The molecular formula is C15H16N4O3S. The monoisotopic (exact) mass is 332 g/mol. The Bertz CT molecular complexity index is 1020. The van der Waals surface area contributed by atoms with E-state index in [0.717, 1.165) is 0 Å². The van der Waals surface area contributed by atoms with E-state index in [9.17, 15) is 13.2 Å². The summed E-state index contributed by atoms with van der Waals surface area (Å²) in [4.78, 5) is 14.3. The average Bonchev–Trinajstić information content (AvgIpc) is 2.78. The molecule has 7 nitrogen and oxygen atoms in total. The summed E-state index contributed by atoms with van der Waals surface area (Å²) in [5.74, 6) is 0. The summed E-state index contributed by atoms with van der Waals surface area (Å²) < 4.78 is 27.7. The van der Waals surface area contributed by atoms with Gasteiger partial charge in [-0.25, -0.2) is 13.2 Å². The SMILES string of the molecule is Cn1c(=O)n(C)c2cc(S(=O)(=O)NNc3ccccc3)ccc21. The number of hydrazine groups is 1. The van der Waals surface area contributed by atoms with Crippen LogP contribution in [0.15, 0.2) is 58.2 Å². The van der Waals surface area contributed by atoms with E-state index in [-0.39, 0.29) is 10.6 Å². The Balaban J connectivity index is 1.95. The molecule has 8 heteroatoms. The molecule has 0 saturated heterocycles. The summed E-state index contributed by atoms with van der Waals surface area (Å²) in [6, 6.07) is 13.5. The zero-order chi connectivity index (χ0) is 16.6. The first kappa shape index (κ1) is 15.3. The van der Waals surface area contributed by atoms with Gasteiger partial charge in [0.25, 0.3) is 10.0 Å². The van der Waals surface area contributed by atoms with Crippen molar-refractivity contribution in [3.05, 3.63) is 59.0 Å². The van der Waals surface area contributed by atoms with Gasteiger partial charge in [0.2, 0.25) is 0 Å². The first-order valence-corrected chi connectivity index (χ1v) is 8.37. The molecule has 0 atom stereocenters. The lowest BCUT2D eigenvalue weighted by atomic mass is 10.3. The number of rotatable bonds is 4. The topological polar surface area (TPSA) is 85.1 Å². The van der Waals surface area contributed by atoms with Gasteiger partial charge < -0.3 is 5.43 Å². The van der Waals surface area contributed by atoms with Crippen LogP contribution in [0.3, 0.4) is 0 Å². The molecule has 0 aliphatic carbocycles. The lowest BCUT2D eigenvalue weighted by molar-refractivity contribution is 0.588. The van der Waals surface area contributed by atoms with Gasteiger partial charge in [-0.15, -0.1) is 4.83 Å². The second kappa shape index (κ2) is 5.56. The molecule has 3 aromatic rings. The number of nitrogens with zero attached hydrogens (tertiary/aromatic N) is 2. The van der Waals surface area contributed by atoms with E-state index in [1.807, 2.05) is 6.07 Å². The maximum atomic E-state index is 12.4. The van der Waals surface area contributed by atoms with Crippen LogP contribution < -0.4 is 15.9 Å². The fourth-order valence-corrected chi connectivity index (χ4v) is 3.24. The third-order valence-electron chi connectivity index (χ3n) is 3.66. The van der Waals surface area contributed by atoms with Crippen LogP contribution in [0.1, 0.15) is 0 Å². The van der Waals surface area contributed by atoms with Gasteiger partial charge in [-0.1, -0.05) is 18.2 Å². The van der Waals surface area contributed by atoms with E-state index in [0.29, 0.717) is 16.7 Å². The van der Waals surface area contributed by atoms with Gasteiger partial charge in [0, 0.05) is 19.8 Å². The number of anilines is 1. The van der Waals surface area contributed by atoms with E-state index in [4.69, 9.17) is 0 Å². The first-order valence-electron chi connectivity index (χ1n) is 6.88. The Morgan fingerprint density at radius 3 is 2.26 bits per heavy atom. The highest BCUT2D eigenvalue weighted by Gasteiger charge is 2.17. The van der Waals surface area contributed by atoms with Crippen LogP contribution in [0, 0.1) is 0 Å². The molecule has 0 fully saturated rings. The fraction of sp³-hybridized carbons (Fsp3) is 0.133. The van der Waals surface area contributed by atoms with Crippen molar-refractivity contribution in [1.82, 2.24) is 14.0 Å². The minimum absolute atomic E-state index is 0.0784. The highest BCUT2D eigenvalue weighted by Crippen LogP contribution is 2.17. The number of nitrogens with one attached hydrogen (secondary N) is 2. The van der Waals surface area contributed by atoms with Crippen molar-refractivity contribution >= 4 is 26.7 Å². The van der Waals surface area contributed by atoms with Crippen molar-refractivity contribution in [1.29, 1.82) is 0 Å². The summed E-state index contributed by atoms with van der Waals surface area (Å²) >= 11 is 0. The number of para-hydroxylation sites is 1. The molecule has 0 bridgehead atoms. The molecular weight excluding hydrogens is 316 g/mol. The Morgan fingerprint density at radius 2 is 1.57 bits per heavy atom. The molecule has 23 heavy (non-hydrogen) atoms. The Labute approximate surface area is 133 Å². The number of aromatic nitrogens is 2. The summed E-state index contributed by atoms with van der Waals surface area (Å²) in [5, 5.41) is 0. The molecule has 0 saturated carbocycles. The summed E-state index contributed by atoms with van der Waals surface area (Å²) in [6.07, 6.45) is 0. The smallest absolute Gasteiger partial charge is 0.308 e. The van der Waals surface area contributed by atoms with Gasteiger partial charge in [0.05, 0.1) is 15.9 Å². The predicted molar refractivity (Wildman–Crippen MR) is 88.5 cm³/mol. The largest absolute Gasteiger partial charge is 0.328 e. The quantitative estimate of drug-likeness (QED) is 0.703. The van der Waals surface area contributed by atoms with Crippen LogP contribution in [0.5, 0.6) is 0 Å². The van der Waals surface area contributed by atoms with Crippen LogP contribution in [0.2, 0.25) is 0 Å². The van der Waals surface area contributed by atoms with Crippen LogP contribution in [0.4, 0.5) is 5.69 Å². The highest BCUT2D eigenvalue weighted by molar-refractivity contribution is 7.89. The molecule has 1 heterocycles. The van der Waals surface area contributed by atoms with Crippen molar-refractivity contribution in [3.8, 4) is 0 Å². The number of sulfonamides is 1. The molecule has 0 spiro atoms. The number of benzene rings is 2. The maximum Gasteiger partial charge on any atom is 0.328 e. The molecule has 0 aliphatic heterocycles. The van der Waals surface area contributed by atoms with Gasteiger partial charge in [-0.2, -0.15) is 0 Å². The second-order valence-electron chi connectivity index (χ2n) is 5.15. The molecule has 2 N–H and O–H groups in total. The van der Waals surface area contributed by atoms with Crippen LogP contribution in [-0.4, -0.2) is 17.6 Å². The minimum atomic E-state index is -3.76. The van der Waals surface area contributed by atoms with Crippen molar-refractivity contribution in [2.45, 2.75) is 4.90 Å². The third kappa shape index (κ3) is 2.73. The summed E-state index contributed by atoms with van der Waals surface area (Å²) in [5.41, 5.74) is 4.31. The number of hydrogen-bond donors (Lipinski definition) is 2. The van der Waals surface area contributed by atoms with Crippen LogP contribution in [0.25, 0.3) is 11.0 Å². The Hall–Kier alpha value is -2.58. The minimum Gasteiger partial charge on any atom is -0.308 e. The van der Waals surface area contributed by atoms with Crippen LogP contribution >= 0.6 is 0 Å². The van der Waals surface area contributed by atoms with Gasteiger partial charge in [-0.05, 0) is 30.3 Å². The molecule has 0 aliphatic rings. The van der Waals surface area contributed by atoms with E-state index >= 15 is 0 Å². The van der Waals surface area contributed by atoms with Crippen molar-refractivity contribution < 1.29 is 8.42 Å². The molecule has 0 radical (unpaired) electrons. The molecule has 0 unspecified atom stereocenters. The average molecular weight is 332 g/mol. The third-order valence-corrected chi connectivity index (χ3v) is 4.90. The van der Waals surface area contributed by atoms with E-state index in [1.54, 1.807) is 44.4 Å². The standard InChI is InChI=1S/C15H16N4O3S/c1-18-13-9-8-12(10-14(13)19(2)15(18)20)23(21,22)17-16-11-6-4-3-5-7-11/h3-10,16-17H,1-2H3. The molecule has 1 aromatic heterocycles. The van der Waals surface area contributed by atoms with E-state index in [1.165, 1.54) is 21.3 Å². The molecule has 2 aromatic carbocycles. The van der Waals surface area contributed by atoms with Gasteiger partial charge in [-0.3, -0.25) is 9.13 Å². The van der Waals surface area contributed by atoms with Gasteiger partial charge >= 0.3 is 5.69 Å². The van der Waals surface area contributed by atoms with Gasteiger partial charge in [0.1, 0.15) is 0 Å². The number of fused-ring (bicyclic) bond motifs is 1. The van der Waals surface area contributed by atoms with Crippen molar-refractivity contribution in [2.75, 3.05) is 5.43 Å². The Morgan fingerprint density at radius 1 is 0.913 bits per heavy atom. The molecule has 3 rings (SSSR count). The maximum absolute atomic E-state index is 12.4. The second-order valence-corrected chi connectivity index (χ2v) is 6.83. The number of hydrogen-bond acceptors (Lipinski definition) is 4. The fourth-order valence-electron chi connectivity index (χ4n) is 2.36. The lowest BCUT2D eigenvalue weighted by Crippen LogP contribution is -2.29. The Kier molecular flexibility index (Phi) is 3.70. The molecule has 120 valence electrons.